The topological polar surface area (TPSA) is 66.4 Å². The standard InChI is InChI=1S/C14H24N6O/c1-3-15-12-16-13(19-7-9-21-10-8-19)18-14(17-12)20(4-2)11-5-6-11/h11H,3-10H2,1-2H3,(H,15,16,17,18). The zero-order valence-electron chi connectivity index (χ0n) is 12.9. The molecular formula is C14H24N6O. The van der Waals surface area contributed by atoms with E-state index in [2.05, 4.69) is 38.9 Å². The van der Waals surface area contributed by atoms with Gasteiger partial charge in [-0.1, -0.05) is 0 Å². The number of rotatable bonds is 6. The second-order valence-electron chi connectivity index (χ2n) is 5.41. The van der Waals surface area contributed by atoms with E-state index in [0.717, 1.165) is 51.3 Å². The van der Waals surface area contributed by atoms with Gasteiger partial charge in [-0.25, -0.2) is 0 Å². The highest BCUT2D eigenvalue weighted by molar-refractivity contribution is 5.46. The van der Waals surface area contributed by atoms with Crippen LogP contribution in [0.1, 0.15) is 26.7 Å². The van der Waals surface area contributed by atoms with Gasteiger partial charge in [-0.3, -0.25) is 0 Å². The van der Waals surface area contributed by atoms with Crippen LogP contribution in [0.4, 0.5) is 17.8 Å². The third-order valence-corrected chi connectivity index (χ3v) is 3.83. The molecule has 0 bridgehead atoms. The third-order valence-electron chi connectivity index (χ3n) is 3.83. The summed E-state index contributed by atoms with van der Waals surface area (Å²) in [6.07, 6.45) is 2.48. The van der Waals surface area contributed by atoms with Crippen LogP contribution in [0, 0.1) is 0 Å². The van der Waals surface area contributed by atoms with Gasteiger partial charge in [-0.15, -0.1) is 0 Å². The lowest BCUT2D eigenvalue weighted by atomic mass is 10.4. The summed E-state index contributed by atoms with van der Waals surface area (Å²) >= 11 is 0. The molecule has 0 amide bonds. The van der Waals surface area contributed by atoms with Crippen molar-refractivity contribution in [3.05, 3.63) is 0 Å². The quantitative estimate of drug-likeness (QED) is 0.843. The Balaban J connectivity index is 1.88. The van der Waals surface area contributed by atoms with Gasteiger partial charge < -0.3 is 19.9 Å². The van der Waals surface area contributed by atoms with Gasteiger partial charge >= 0.3 is 0 Å². The highest BCUT2D eigenvalue weighted by Crippen LogP contribution is 2.30. The predicted molar refractivity (Wildman–Crippen MR) is 83.1 cm³/mol. The number of hydrogen-bond acceptors (Lipinski definition) is 7. The molecule has 1 N–H and O–H groups in total. The lowest BCUT2D eigenvalue weighted by molar-refractivity contribution is 0.122. The summed E-state index contributed by atoms with van der Waals surface area (Å²) < 4.78 is 5.41. The molecule has 2 fully saturated rings. The molecular weight excluding hydrogens is 268 g/mol. The Morgan fingerprint density at radius 2 is 1.95 bits per heavy atom. The summed E-state index contributed by atoms with van der Waals surface area (Å²) in [5.74, 6) is 2.23. The average Bonchev–Trinajstić information content (AvgIpc) is 3.34. The Morgan fingerprint density at radius 1 is 1.19 bits per heavy atom. The summed E-state index contributed by atoms with van der Waals surface area (Å²) in [5.41, 5.74) is 0. The molecule has 1 saturated carbocycles. The molecule has 116 valence electrons. The van der Waals surface area contributed by atoms with Crippen LogP contribution in [0.25, 0.3) is 0 Å². The molecule has 0 atom stereocenters. The minimum absolute atomic E-state index is 0.601. The zero-order valence-corrected chi connectivity index (χ0v) is 12.9. The first-order valence-corrected chi connectivity index (χ1v) is 7.91. The van der Waals surface area contributed by atoms with E-state index in [4.69, 9.17) is 9.72 Å². The zero-order chi connectivity index (χ0) is 14.7. The Hall–Kier alpha value is -1.63. The molecule has 1 aliphatic heterocycles. The molecule has 7 heteroatoms. The Kier molecular flexibility index (Phi) is 4.38. The number of hydrogen-bond donors (Lipinski definition) is 1. The second kappa shape index (κ2) is 6.43. The number of morpholine rings is 1. The monoisotopic (exact) mass is 292 g/mol. The second-order valence-corrected chi connectivity index (χ2v) is 5.41. The normalized spacial score (nSPS) is 18.7. The van der Waals surface area contributed by atoms with Crippen molar-refractivity contribution in [2.45, 2.75) is 32.7 Å². The first-order valence-electron chi connectivity index (χ1n) is 7.91. The maximum atomic E-state index is 5.41. The number of nitrogens with zero attached hydrogens (tertiary/aromatic N) is 5. The van der Waals surface area contributed by atoms with Crippen molar-refractivity contribution >= 4 is 17.8 Å². The molecule has 0 spiro atoms. The minimum Gasteiger partial charge on any atom is -0.378 e. The van der Waals surface area contributed by atoms with Crippen molar-refractivity contribution in [1.82, 2.24) is 15.0 Å². The summed E-state index contributed by atoms with van der Waals surface area (Å²) in [6.45, 7) is 9.09. The van der Waals surface area contributed by atoms with E-state index in [1.165, 1.54) is 12.8 Å². The molecule has 2 heterocycles. The molecule has 1 aromatic rings. The maximum absolute atomic E-state index is 5.41. The van der Waals surface area contributed by atoms with Gasteiger partial charge in [0.1, 0.15) is 0 Å². The van der Waals surface area contributed by atoms with Crippen LogP contribution in [0.3, 0.4) is 0 Å². The number of anilines is 3. The molecule has 0 radical (unpaired) electrons. The van der Waals surface area contributed by atoms with Gasteiger partial charge in [0.15, 0.2) is 0 Å². The summed E-state index contributed by atoms with van der Waals surface area (Å²) in [7, 11) is 0. The van der Waals surface area contributed by atoms with Gasteiger partial charge in [0, 0.05) is 32.2 Å². The van der Waals surface area contributed by atoms with Crippen LogP contribution in [0.15, 0.2) is 0 Å². The summed E-state index contributed by atoms with van der Waals surface area (Å²) in [4.78, 5) is 18.3. The average molecular weight is 292 g/mol. The molecule has 1 aromatic heterocycles. The SMILES string of the molecule is CCNc1nc(N2CCOCC2)nc(N(CC)C2CC2)n1. The van der Waals surface area contributed by atoms with Crippen LogP contribution < -0.4 is 15.1 Å². The van der Waals surface area contributed by atoms with E-state index in [1.54, 1.807) is 0 Å². The Labute approximate surface area is 125 Å². The highest BCUT2D eigenvalue weighted by atomic mass is 16.5. The number of nitrogens with one attached hydrogen (secondary N) is 1. The van der Waals surface area contributed by atoms with Crippen LogP contribution in [-0.4, -0.2) is 60.4 Å². The fraction of sp³-hybridized carbons (Fsp3) is 0.786. The van der Waals surface area contributed by atoms with E-state index in [1.807, 2.05) is 0 Å². The number of ether oxygens (including phenoxy) is 1. The number of aromatic nitrogens is 3. The van der Waals surface area contributed by atoms with Crippen molar-refractivity contribution in [3.8, 4) is 0 Å². The third kappa shape index (κ3) is 3.34. The van der Waals surface area contributed by atoms with Crippen LogP contribution in [0.5, 0.6) is 0 Å². The first-order chi connectivity index (χ1) is 10.3. The maximum Gasteiger partial charge on any atom is 0.232 e. The predicted octanol–water partition coefficient (Wildman–Crippen LogP) is 1.13. The lowest BCUT2D eigenvalue weighted by Crippen LogP contribution is -2.38. The van der Waals surface area contributed by atoms with E-state index in [0.29, 0.717) is 12.0 Å². The Morgan fingerprint density at radius 3 is 2.57 bits per heavy atom. The van der Waals surface area contributed by atoms with Crippen LogP contribution in [-0.2, 0) is 4.74 Å². The molecule has 7 nitrogen and oxygen atoms in total. The Bertz CT molecular complexity index is 473. The molecule has 3 rings (SSSR count). The van der Waals surface area contributed by atoms with Crippen LogP contribution in [0.2, 0.25) is 0 Å². The fourth-order valence-corrected chi connectivity index (χ4v) is 2.57. The first kappa shape index (κ1) is 14.3. The van der Waals surface area contributed by atoms with Crippen molar-refractivity contribution in [3.63, 3.8) is 0 Å². The van der Waals surface area contributed by atoms with Gasteiger partial charge in [-0.2, -0.15) is 15.0 Å². The van der Waals surface area contributed by atoms with Crippen molar-refractivity contribution in [1.29, 1.82) is 0 Å². The van der Waals surface area contributed by atoms with Crippen molar-refractivity contribution < 1.29 is 4.74 Å². The summed E-state index contributed by atoms with van der Waals surface area (Å²) in [5, 5.41) is 3.22. The van der Waals surface area contributed by atoms with Gasteiger partial charge in [0.2, 0.25) is 17.8 Å². The molecule has 2 aliphatic rings. The van der Waals surface area contributed by atoms with E-state index < -0.39 is 0 Å². The largest absolute Gasteiger partial charge is 0.378 e. The molecule has 0 aromatic carbocycles. The lowest BCUT2D eigenvalue weighted by Gasteiger charge is -2.28. The molecule has 21 heavy (non-hydrogen) atoms. The summed E-state index contributed by atoms with van der Waals surface area (Å²) in [6, 6.07) is 0.601. The van der Waals surface area contributed by atoms with Gasteiger partial charge in [0.05, 0.1) is 13.2 Å². The van der Waals surface area contributed by atoms with E-state index >= 15 is 0 Å². The molecule has 1 saturated heterocycles. The van der Waals surface area contributed by atoms with E-state index in [-0.39, 0.29) is 0 Å². The van der Waals surface area contributed by atoms with Gasteiger partial charge in [0.25, 0.3) is 0 Å². The molecule has 1 aliphatic carbocycles. The van der Waals surface area contributed by atoms with Gasteiger partial charge in [-0.05, 0) is 26.7 Å². The van der Waals surface area contributed by atoms with Crippen molar-refractivity contribution in [2.75, 3.05) is 54.5 Å². The molecule has 0 unspecified atom stereocenters. The van der Waals surface area contributed by atoms with Crippen molar-refractivity contribution in [2.24, 2.45) is 0 Å². The smallest absolute Gasteiger partial charge is 0.232 e. The van der Waals surface area contributed by atoms with Crippen LogP contribution >= 0.6 is 0 Å². The highest BCUT2D eigenvalue weighted by Gasteiger charge is 2.30. The minimum atomic E-state index is 0.601. The van der Waals surface area contributed by atoms with E-state index in [9.17, 15) is 0 Å². The fourth-order valence-electron chi connectivity index (χ4n) is 2.57.